The lowest BCUT2D eigenvalue weighted by atomic mass is 10.2. The van der Waals surface area contributed by atoms with Gasteiger partial charge in [0.25, 0.3) is 0 Å². The van der Waals surface area contributed by atoms with Crippen LogP contribution in [-0.2, 0) is 9.53 Å². The maximum absolute atomic E-state index is 11.9. The average Bonchev–Trinajstić information content (AvgIpc) is 2.76. The zero-order valence-corrected chi connectivity index (χ0v) is 12.5. The standard InChI is InChI=1S/C14H23NO2S/c1-5-7-8-15(12(4)14(16)17-6-2)13-9-11(3)10-18-13/h9-10,12H,5-8H2,1-4H3/t12-/m0/s1. The third-order valence-corrected chi connectivity index (χ3v) is 3.93. The van der Waals surface area contributed by atoms with Gasteiger partial charge in [0.1, 0.15) is 6.04 Å². The highest BCUT2D eigenvalue weighted by atomic mass is 32.1. The van der Waals surface area contributed by atoms with Crippen LogP contribution in [0, 0.1) is 6.92 Å². The van der Waals surface area contributed by atoms with Crippen LogP contribution < -0.4 is 4.90 Å². The van der Waals surface area contributed by atoms with Gasteiger partial charge < -0.3 is 9.64 Å². The summed E-state index contributed by atoms with van der Waals surface area (Å²) in [4.78, 5) is 14.0. The van der Waals surface area contributed by atoms with Crippen molar-refractivity contribution < 1.29 is 9.53 Å². The van der Waals surface area contributed by atoms with Crippen LogP contribution >= 0.6 is 11.3 Å². The summed E-state index contributed by atoms with van der Waals surface area (Å²) in [5.41, 5.74) is 1.24. The largest absolute Gasteiger partial charge is 0.464 e. The SMILES string of the molecule is CCCCN(c1cc(C)cs1)[C@@H](C)C(=O)OCC. The summed E-state index contributed by atoms with van der Waals surface area (Å²) >= 11 is 1.69. The van der Waals surface area contributed by atoms with E-state index in [1.54, 1.807) is 11.3 Å². The Morgan fingerprint density at radius 1 is 1.50 bits per heavy atom. The molecule has 18 heavy (non-hydrogen) atoms. The van der Waals surface area contributed by atoms with Crippen molar-refractivity contribution in [1.82, 2.24) is 0 Å². The highest BCUT2D eigenvalue weighted by molar-refractivity contribution is 7.14. The van der Waals surface area contributed by atoms with Crippen molar-refractivity contribution in [1.29, 1.82) is 0 Å². The maximum Gasteiger partial charge on any atom is 0.328 e. The van der Waals surface area contributed by atoms with Gasteiger partial charge in [-0.2, -0.15) is 0 Å². The van der Waals surface area contributed by atoms with Crippen molar-refractivity contribution in [3.8, 4) is 0 Å². The number of thiophene rings is 1. The molecule has 0 amide bonds. The molecule has 0 aromatic carbocycles. The topological polar surface area (TPSA) is 29.5 Å². The smallest absolute Gasteiger partial charge is 0.328 e. The van der Waals surface area contributed by atoms with E-state index in [-0.39, 0.29) is 12.0 Å². The average molecular weight is 269 g/mol. The number of hydrogen-bond donors (Lipinski definition) is 0. The van der Waals surface area contributed by atoms with Crippen molar-refractivity contribution in [2.45, 2.75) is 46.6 Å². The first kappa shape index (κ1) is 15.0. The molecule has 0 radical (unpaired) electrons. The summed E-state index contributed by atoms with van der Waals surface area (Å²) in [6.45, 7) is 9.34. The minimum atomic E-state index is -0.213. The number of anilines is 1. The summed E-state index contributed by atoms with van der Waals surface area (Å²) in [5.74, 6) is -0.139. The minimum Gasteiger partial charge on any atom is -0.464 e. The Morgan fingerprint density at radius 3 is 2.72 bits per heavy atom. The van der Waals surface area contributed by atoms with E-state index in [1.165, 1.54) is 5.56 Å². The maximum atomic E-state index is 11.9. The molecule has 4 heteroatoms. The Morgan fingerprint density at radius 2 is 2.22 bits per heavy atom. The van der Waals surface area contributed by atoms with Gasteiger partial charge in [-0.3, -0.25) is 0 Å². The Hall–Kier alpha value is -1.03. The number of hydrogen-bond acceptors (Lipinski definition) is 4. The third-order valence-electron chi connectivity index (χ3n) is 2.85. The molecule has 0 bridgehead atoms. The first-order chi connectivity index (χ1) is 8.60. The second-order valence-corrected chi connectivity index (χ2v) is 5.33. The van der Waals surface area contributed by atoms with Gasteiger partial charge >= 0.3 is 5.97 Å². The summed E-state index contributed by atoms with van der Waals surface area (Å²) < 4.78 is 5.12. The second-order valence-electron chi connectivity index (χ2n) is 4.44. The molecule has 1 atom stereocenters. The van der Waals surface area contributed by atoms with Gasteiger partial charge in [0.15, 0.2) is 0 Å². The Labute approximate surface area is 114 Å². The lowest BCUT2D eigenvalue weighted by Gasteiger charge is -2.28. The van der Waals surface area contributed by atoms with Gasteiger partial charge in [-0.05, 0) is 44.2 Å². The highest BCUT2D eigenvalue weighted by Crippen LogP contribution is 2.27. The summed E-state index contributed by atoms with van der Waals surface area (Å²) in [6, 6.07) is 1.92. The molecule has 0 fully saturated rings. The fourth-order valence-corrected chi connectivity index (χ4v) is 2.79. The molecule has 1 heterocycles. The molecular weight excluding hydrogens is 246 g/mol. The van der Waals surface area contributed by atoms with Crippen molar-refractivity contribution in [3.63, 3.8) is 0 Å². The van der Waals surface area contributed by atoms with Crippen LogP contribution in [-0.4, -0.2) is 25.2 Å². The van der Waals surface area contributed by atoms with Gasteiger partial charge in [0.2, 0.25) is 0 Å². The van der Waals surface area contributed by atoms with E-state index in [1.807, 2.05) is 13.8 Å². The molecule has 0 aliphatic heterocycles. The Balaban J connectivity index is 2.80. The lowest BCUT2D eigenvalue weighted by Crippen LogP contribution is -2.40. The zero-order valence-electron chi connectivity index (χ0n) is 11.7. The second kappa shape index (κ2) is 7.41. The number of unbranched alkanes of at least 4 members (excludes halogenated alkanes) is 1. The minimum absolute atomic E-state index is 0.139. The predicted molar refractivity (Wildman–Crippen MR) is 77.4 cm³/mol. The number of carbonyl (C=O) groups is 1. The Kier molecular flexibility index (Phi) is 6.19. The summed E-state index contributed by atoms with van der Waals surface area (Å²) in [5, 5.41) is 3.27. The van der Waals surface area contributed by atoms with E-state index in [2.05, 4.69) is 30.2 Å². The van der Waals surface area contributed by atoms with E-state index in [0.717, 1.165) is 24.4 Å². The fourth-order valence-electron chi connectivity index (χ4n) is 1.78. The van der Waals surface area contributed by atoms with Crippen LogP contribution in [0.5, 0.6) is 0 Å². The van der Waals surface area contributed by atoms with Crippen LogP contribution in [0.25, 0.3) is 0 Å². The van der Waals surface area contributed by atoms with Crippen molar-refractivity contribution >= 4 is 22.3 Å². The zero-order chi connectivity index (χ0) is 13.5. The van der Waals surface area contributed by atoms with Crippen LogP contribution in [0.15, 0.2) is 11.4 Å². The normalized spacial score (nSPS) is 12.2. The number of aryl methyl sites for hydroxylation is 1. The van der Waals surface area contributed by atoms with E-state index in [0.29, 0.717) is 6.61 Å². The molecule has 0 unspecified atom stereocenters. The highest BCUT2D eigenvalue weighted by Gasteiger charge is 2.23. The third kappa shape index (κ3) is 4.02. The molecular formula is C14H23NO2S. The van der Waals surface area contributed by atoms with Crippen LogP contribution in [0.3, 0.4) is 0 Å². The number of nitrogens with zero attached hydrogens (tertiary/aromatic N) is 1. The number of rotatable bonds is 7. The summed E-state index contributed by atoms with van der Waals surface area (Å²) in [6.07, 6.45) is 2.21. The first-order valence-corrected chi connectivity index (χ1v) is 7.46. The van der Waals surface area contributed by atoms with Crippen molar-refractivity contribution in [2.24, 2.45) is 0 Å². The van der Waals surface area contributed by atoms with E-state index >= 15 is 0 Å². The molecule has 3 nitrogen and oxygen atoms in total. The molecule has 1 aromatic heterocycles. The van der Waals surface area contributed by atoms with Gasteiger partial charge in [-0.15, -0.1) is 11.3 Å². The molecule has 1 aromatic rings. The number of ether oxygens (including phenoxy) is 1. The lowest BCUT2D eigenvalue weighted by molar-refractivity contribution is -0.144. The number of carbonyl (C=O) groups excluding carboxylic acids is 1. The quantitative estimate of drug-likeness (QED) is 0.708. The van der Waals surface area contributed by atoms with Gasteiger partial charge in [0.05, 0.1) is 11.6 Å². The summed E-state index contributed by atoms with van der Waals surface area (Å²) in [7, 11) is 0. The molecule has 0 saturated carbocycles. The Bertz CT molecular complexity index is 376. The van der Waals surface area contributed by atoms with Crippen LogP contribution in [0.4, 0.5) is 5.00 Å². The van der Waals surface area contributed by atoms with Gasteiger partial charge in [-0.1, -0.05) is 13.3 Å². The van der Waals surface area contributed by atoms with E-state index in [9.17, 15) is 4.79 Å². The molecule has 102 valence electrons. The predicted octanol–water partition coefficient (Wildman–Crippen LogP) is 3.61. The van der Waals surface area contributed by atoms with Gasteiger partial charge in [-0.25, -0.2) is 4.79 Å². The van der Waals surface area contributed by atoms with Crippen molar-refractivity contribution in [2.75, 3.05) is 18.1 Å². The first-order valence-electron chi connectivity index (χ1n) is 6.58. The number of esters is 1. The molecule has 0 spiro atoms. The van der Waals surface area contributed by atoms with E-state index in [4.69, 9.17) is 4.74 Å². The molecule has 0 aliphatic carbocycles. The fraction of sp³-hybridized carbons (Fsp3) is 0.643. The van der Waals surface area contributed by atoms with Crippen molar-refractivity contribution in [3.05, 3.63) is 17.0 Å². The van der Waals surface area contributed by atoms with E-state index < -0.39 is 0 Å². The monoisotopic (exact) mass is 269 g/mol. The molecule has 1 rings (SSSR count). The van der Waals surface area contributed by atoms with Crippen LogP contribution in [0.1, 0.15) is 39.2 Å². The molecule has 0 aliphatic rings. The molecule has 0 N–H and O–H groups in total. The van der Waals surface area contributed by atoms with Gasteiger partial charge in [0, 0.05) is 6.54 Å². The van der Waals surface area contributed by atoms with Crippen LogP contribution in [0.2, 0.25) is 0 Å². The molecule has 0 saturated heterocycles.